The zero-order valence-electron chi connectivity index (χ0n) is 7.02. The Labute approximate surface area is 58.6 Å². The van der Waals surface area contributed by atoms with Crippen LogP contribution in [0.25, 0.3) is 0 Å². The lowest BCUT2D eigenvalue weighted by molar-refractivity contribution is 0.330. The quantitative estimate of drug-likeness (QED) is 0.620. The van der Waals surface area contributed by atoms with Crippen LogP contribution in [-0.4, -0.2) is 6.04 Å². The van der Waals surface area contributed by atoms with E-state index < -0.39 is 0 Å². The van der Waals surface area contributed by atoms with Crippen molar-refractivity contribution in [1.29, 1.82) is 0 Å². The van der Waals surface area contributed by atoms with Crippen LogP contribution in [0.15, 0.2) is 0 Å². The van der Waals surface area contributed by atoms with Crippen LogP contribution in [0.1, 0.15) is 34.1 Å². The van der Waals surface area contributed by atoms with Crippen molar-refractivity contribution in [3.63, 3.8) is 0 Å². The van der Waals surface area contributed by atoms with Gasteiger partial charge in [0.15, 0.2) is 0 Å². The van der Waals surface area contributed by atoms with Crippen molar-refractivity contribution in [1.82, 2.24) is 0 Å². The molecule has 2 N–H and O–H groups in total. The van der Waals surface area contributed by atoms with Gasteiger partial charge in [-0.15, -0.1) is 0 Å². The second-order valence-electron chi connectivity index (χ2n) is 3.10. The molecule has 0 fully saturated rings. The summed E-state index contributed by atoms with van der Waals surface area (Å²) in [7, 11) is 0. The van der Waals surface area contributed by atoms with Gasteiger partial charge in [-0.05, 0) is 18.8 Å². The van der Waals surface area contributed by atoms with E-state index in [9.17, 15) is 0 Å². The van der Waals surface area contributed by atoms with Crippen molar-refractivity contribution < 1.29 is 0 Å². The van der Waals surface area contributed by atoms with Crippen LogP contribution in [-0.2, 0) is 0 Å². The summed E-state index contributed by atoms with van der Waals surface area (Å²) in [6, 6.07) is 0.347. The Morgan fingerprint density at radius 3 is 1.78 bits per heavy atom. The summed E-state index contributed by atoms with van der Waals surface area (Å²) in [5.41, 5.74) is 5.71. The Morgan fingerprint density at radius 2 is 1.67 bits per heavy atom. The van der Waals surface area contributed by atoms with Crippen LogP contribution in [0.5, 0.6) is 0 Å². The summed E-state index contributed by atoms with van der Waals surface area (Å²) >= 11 is 0. The Hall–Kier alpha value is -0.0400. The fraction of sp³-hybridized carbons (Fsp3) is 1.00. The van der Waals surface area contributed by atoms with Gasteiger partial charge < -0.3 is 5.73 Å². The Bertz CT molecular complexity index is 69.0. The highest BCUT2D eigenvalue weighted by molar-refractivity contribution is 4.68. The molecule has 0 bridgehead atoms. The molecule has 1 unspecified atom stereocenters. The first-order valence-corrected chi connectivity index (χ1v) is 3.85. The first kappa shape index (κ1) is 8.96. The molecule has 0 aliphatic rings. The SMILES string of the molecule is CC[C@@H](C)[C@@H](C)C(C)N. The maximum atomic E-state index is 5.71. The van der Waals surface area contributed by atoms with E-state index in [4.69, 9.17) is 5.73 Å². The first-order chi connectivity index (χ1) is 4.09. The van der Waals surface area contributed by atoms with Crippen LogP contribution in [0.3, 0.4) is 0 Å². The van der Waals surface area contributed by atoms with E-state index in [-0.39, 0.29) is 0 Å². The summed E-state index contributed by atoms with van der Waals surface area (Å²) in [6.45, 7) is 8.77. The number of hydrogen-bond acceptors (Lipinski definition) is 1. The number of hydrogen-bond donors (Lipinski definition) is 1. The molecular formula is C8H19N. The lowest BCUT2D eigenvalue weighted by Gasteiger charge is -2.21. The second-order valence-corrected chi connectivity index (χ2v) is 3.10. The molecule has 0 saturated heterocycles. The summed E-state index contributed by atoms with van der Waals surface area (Å²) < 4.78 is 0. The Kier molecular flexibility index (Phi) is 3.87. The van der Waals surface area contributed by atoms with Gasteiger partial charge in [0.25, 0.3) is 0 Å². The van der Waals surface area contributed by atoms with Crippen LogP contribution in [0, 0.1) is 11.8 Å². The summed E-state index contributed by atoms with van der Waals surface area (Å²) in [4.78, 5) is 0. The average Bonchev–Trinajstić information content (AvgIpc) is 1.84. The highest BCUT2D eigenvalue weighted by Gasteiger charge is 2.13. The third-order valence-corrected chi connectivity index (χ3v) is 2.37. The van der Waals surface area contributed by atoms with Gasteiger partial charge in [0.2, 0.25) is 0 Å². The zero-order valence-corrected chi connectivity index (χ0v) is 7.02. The van der Waals surface area contributed by atoms with Crippen molar-refractivity contribution in [2.24, 2.45) is 17.6 Å². The van der Waals surface area contributed by atoms with Crippen LogP contribution >= 0.6 is 0 Å². The van der Waals surface area contributed by atoms with E-state index >= 15 is 0 Å². The van der Waals surface area contributed by atoms with E-state index in [1.54, 1.807) is 0 Å². The zero-order chi connectivity index (χ0) is 7.44. The van der Waals surface area contributed by atoms with E-state index in [1.165, 1.54) is 6.42 Å². The van der Waals surface area contributed by atoms with E-state index in [2.05, 4.69) is 27.7 Å². The van der Waals surface area contributed by atoms with E-state index in [0.717, 1.165) is 5.92 Å². The lowest BCUT2D eigenvalue weighted by atomic mass is 9.89. The molecule has 3 atom stereocenters. The van der Waals surface area contributed by atoms with Crippen LogP contribution in [0.2, 0.25) is 0 Å². The van der Waals surface area contributed by atoms with E-state index in [0.29, 0.717) is 12.0 Å². The summed E-state index contributed by atoms with van der Waals surface area (Å²) in [6.07, 6.45) is 1.24. The molecule has 0 aliphatic carbocycles. The second kappa shape index (κ2) is 3.89. The third kappa shape index (κ3) is 2.85. The standard InChI is InChI=1S/C8H19N/c1-5-6(2)7(3)8(4)9/h6-8H,5,9H2,1-4H3/t6-,7-,8?/m1/s1. The molecule has 0 aromatic rings. The minimum absolute atomic E-state index is 0.347. The third-order valence-electron chi connectivity index (χ3n) is 2.37. The van der Waals surface area contributed by atoms with Gasteiger partial charge in [-0.1, -0.05) is 27.2 Å². The average molecular weight is 129 g/mol. The molecule has 0 aromatic carbocycles. The normalized spacial score (nSPS) is 21.0. The Balaban J connectivity index is 3.58. The summed E-state index contributed by atoms with van der Waals surface area (Å²) in [5.74, 6) is 1.43. The van der Waals surface area contributed by atoms with E-state index in [1.807, 2.05) is 0 Å². The fourth-order valence-electron chi connectivity index (χ4n) is 0.890. The maximum absolute atomic E-state index is 5.71. The highest BCUT2D eigenvalue weighted by atomic mass is 14.6. The fourth-order valence-corrected chi connectivity index (χ4v) is 0.890. The number of rotatable bonds is 3. The topological polar surface area (TPSA) is 26.0 Å². The molecule has 1 nitrogen and oxygen atoms in total. The van der Waals surface area contributed by atoms with Crippen molar-refractivity contribution >= 4 is 0 Å². The van der Waals surface area contributed by atoms with Gasteiger partial charge >= 0.3 is 0 Å². The van der Waals surface area contributed by atoms with Crippen molar-refractivity contribution in [2.45, 2.75) is 40.2 Å². The monoisotopic (exact) mass is 129 g/mol. The molecule has 1 heteroatoms. The Morgan fingerprint density at radius 1 is 1.22 bits per heavy atom. The van der Waals surface area contributed by atoms with Crippen molar-refractivity contribution in [2.75, 3.05) is 0 Å². The molecule has 0 radical (unpaired) electrons. The molecule has 9 heavy (non-hydrogen) atoms. The van der Waals surface area contributed by atoms with Crippen molar-refractivity contribution in [3.05, 3.63) is 0 Å². The van der Waals surface area contributed by atoms with Gasteiger partial charge in [-0.2, -0.15) is 0 Å². The number of nitrogens with two attached hydrogens (primary N) is 1. The van der Waals surface area contributed by atoms with Gasteiger partial charge in [0.05, 0.1) is 0 Å². The molecule has 0 aliphatic heterocycles. The van der Waals surface area contributed by atoms with Gasteiger partial charge in [0, 0.05) is 6.04 Å². The van der Waals surface area contributed by atoms with Gasteiger partial charge in [-0.25, -0.2) is 0 Å². The minimum Gasteiger partial charge on any atom is -0.328 e. The minimum atomic E-state index is 0.347. The first-order valence-electron chi connectivity index (χ1n) is 3.85. The predicted octanol–water partition coefficient (Wildman–Crippen LogP) is 2.02. The lowest BCUT2D eigenvalue weighted by Crippen LogP contribution is -2.28. The molecular weight excluding hydrogens is 110 g/mol. The smallest absolute Gasteiger partial charge is 0.00386 e. The highest BCUT2D eigenvalue weighted by Crippen LogP contribution is 2.16. The molecule has 0 amide bonds. The van der Waals surface area contributed by atoms with Crippen LogP contribution < -0.4 is 5.73 Å². The van der Waals surface area contributed by atoms with Crippen LogP contribution in [0.4, 0.5) is 0 Å². The summed E-state index contributed by atoms with van der Waals surface area (Å²) in [5, 5.41) is 0. The molecule has 0 saturated carbocycles. The molecule has 0 rings (SSSR count). The van der Waals surface area contributed by atoms with Gasteiger partial charge in [0.1, 0.15) is 0 Å². The largest absolute Gasteiger partial charge is 0.328 e. The molecule has 0 heterocycles. The van der Waals surface area contributed by atoms with Gasteiger partial charge in [-0.3, -0.25) is 0 Å². The molecule has 0 aromatic heterocycles. The van der Waals surface area contributed by atoms with Crippen molar-refractivity contribution in [3.8, 4) is 0 Å². The predicted molar refractivity (Wildman–Crippen MR) is 42.3 cm³/mol. The molecule has 56 valence electrons. The molecule has 0 spiro atoms. The maximum Gasteiger partial charge on any atom is 0.00386 e.